The van der Waals surface area contributed by atoms with E-state index in [1.165, 1.54) is 32.1 Å². The second-order valence-electron chi connectivity index (χ2n) is 5.07. The van der Waals surface area contributed by atoms with Gasteiger partial charge in [0.05, 0.1) is 6.10 Å². The van der Waals surface area contributed by atoms with Crippen LogP contribution in [0, 0.1) is 5.92 Å². The first-order chi connectivity index (χ1) is 7.22. The Morgan fingerprint density at radius 1 is 1.20 bits per heavy atom. The Kier molecular flexibility index (Phi) is 6.26. The largest absolute Gasteiger partial charge is 0.378 e. The zero-order chi connectivity index (χ0) is 11.1. The van der Waals surface area contributed by atoms with Crippen LogP contribution in [0.5, 0.6) is 0 Å². The van der Waals surface area contributed by atoms with Gasteiger partial charge < -0.3 is 10.1 Å². The van der Waals surface area contributed by atoms with Gasteiger partial charge in [-0.2, -0.15) is 0 Å². The molecule has 0 spiro atoms. The van der Waals surface area contributed by atoms with E-state index in [0.717, 1.165) is 18.9 Å². The van der Waals surface area contributed by atoms with Crippen LogP contribution in [0.3, 0.4) is 0 Å². The zero-order valence-corrected chi connectivity index (χ0v) is 10.6. The second-order valence-corrected chi connectivity index (χ2v) is 5.07. The molecule has 0 aliphatic heterocycles. The van der Waals surface area contributed by atoms with Gasteiger partial charge in [-0.05, 0) is 46.1 Å². The number of ether oxygens (including phenoxy) is 1. The number of rotatable bonds is 6. The van der Waals surface area contributed by atoms with Crippen molar-refractivity contribution in [2.75, 3.05) is 13.7 Å². The van der Waals surface area contributed by atoms with Crippen LogP contribution in [0.2, 0.25) is 0 Å². The van der Waals surface area contributed by atoms with Gasteiger partial charge in [-0.15, -0.1) is 0 Å². The minimum absolute atomic E-state index is 0.398. The van der Waals surface area contributed by atoms with Gasteiger partial charge in [0, 0.05) is 12.6 Å². The summed E-state index contributed by atoms with van der Waals surface area (Å²) in [4.78, 5) is 0. The first-order valence-electron chi connectivity index (χ1n) is 6.51. The Morgan fingerprint density at radius 3 is 2.47 bits per heavy atom. The molecular formula is C13H27NO. The Labute approximate surface area is 94.8 Å². The van der Waals surface area contributed by atoms with Gasteiger partial charge in [0.25, 0.3) is 0 Å². The molecule has 2 unspecified atom stereocenters. The lowest BCUT2D eigenvalue weighted by Gasteiger charge is -2.24. The van der Waals surface area contributed by atoms with Crippen molar-refractivity contribution in [3.63, 3.8) is 0 Å². The fraction of sp³-hybridized carbons (Fsp3) is 1.00. The molecule has 15 heavy (non-hydrogen) atoms. The summed E-state index contributed by atoms with van der Waals surface area (Å²) < 4.78 is 5.91. The summed E-state index contributed by atoms with van der Waals surface area (Å²) in [5, 5.41) is 3.25. The molecule has 0 heterocycles. The topological polar surface area (TPSA) is 21.3 Å². The van der Waals surface area contributed by atoms with E-state index < -0.39 is 0 Å². The SMILES string of the molecule is CNC(C)CC(C)OCC1CCCCC1. The summed E-state index contributed by atoms with van der Waals surface area (Å²) in [6, 6.07) is 0.561. The maximum absolute atomic E-state index is 5.91. The van der Waals surface area contributed by atoms with Crippen LogP contribution < -0.4 is 5.32 Å². The van der Waals surface area contributed by atoms with E-state index in [4.69, 9.17) is 4.74 Å². The molecule has 1 saturated carbocycles. The molecule has 90 valence electrons. The summed E-state index contributed by atoms with van der Waals surface area (Å²) >= 11 is 0. The van der Waals surface area contributed by atoms with E-state index in [-0.39, 0.29) is 0 Å². The van der Waals surface area contributed by atoms with Gasteiger partial charge in [0.15, 0.2) is 0 Å². The van der Waals surface area contributed by atoms with Crippen molar-refractivity contribution in [2.24, 2.45) is 5.92 Å². The van der Waals surface area contributed by atoms with E-state index in [1.807, 2.05) is 7.05 Å². The van der Waals surface area contributed by atoms with E-state index in [1.54, 1.807) is 0 Å². The Balaban J connectivity index is 2.07. The number of nitrogens with one attached hydrogen (secondary N) is 1. The van der Waals surface area contributed by atoms with Crippen molar-refractivity contribution in [3.05, 3.63) is 0 Å². The standard InChI is InChI=1S/C13H27NO/c1-11(14-3)9-12(2)15-10-13-7-5-4-6-8-13/h11-14H,4-10H2,1-3H3. The first-order valence-corrected chi connectivity index (χ1v) is 6.51. The van der Waals surface area contributed by atoms with Gasteiger partial charge in [-0.3, -0.25) is 0 Å². The Morgan fingerprint density at radius 2 is 1.87 bits per heavy atom. The molecule has 0 saturated heterocycles. The maximum Gasteiger partial charge on any atom is 0.0561 e. The summed E-state index contributed by atoms with van der Waals surface area (Å²) in [6.07, 6.45) is 8.54. The van der Waals surface area contributed by atoms with Crippen molar-refractivity contribution in [3.8, 4) is 0 Å². The molecule has 0 aromatic heterocycles. The quantitative estimate of drug-likeness (QED) is 0.732. The second kappa shape index (κ2) is 7.24. The molecular weight excluding hydrogens is 186 g/mol. The molecule has 0 aromatic carbocycles. The van der Waals surface area contributed by atoms with Crippen LogP contribution in [0.15, 0.2) is 0 Å². The highest BCUT2D eigenvalue weighted by Gasteiger charge is 2.15. The van der Waals surface area contributed by atoms with Gasteiger partial charge in [0.2, 0.25) is 0 Å². The third-order valence-corrected chi connectivity index (χ3v) is 3.52. The minimum Gasteiger partial charge on any atom is -0.378 e. The Bertz CT molecular complexity index is 155. The molecule has 0 aromatic rings. The van der Waals surface area contributed by atoms with E-state index in [0.29, 0.717) is 12.1 Å². The summed E-state index contributed by atoms with van der Waals surface area (Å²) in [5.41, 5.74) is 0. The fourth-order valence-electron chi connectivity index (χ4n) is 2.34. The van der Waals surface area contributed by atoms with Crippen LogP contribution in [-0.2, 0) is 4.74 Å². The molecule has 0 radical (unpaired) electrons. The minimum atomic E-state index is 0.398. The van der Waals surface area contributed by atoms with Crippen LogP contribution in [0.4, 0.5) is 0 Å². The molecule has 1 aliphatic rings. The summed E-state index contributed by atoms with van der Waals surface area (Å²) in [6.45, 7) is 5.38. The van der Waals surface area contributed by atoms with Gasteiger partial charge in [0.1, 0.15) is 0 Å². The molecule has 0 amide bonds. The molecule has 1 aliphatic carbocycles. The highest BCUT2D eigenvalue weighted by molar-refractivity contribution is 4.67. The maximum atomic E-state index is 5.91. The van der Waals surface area contributed by atoms with Gasteiger partial charge in [-0.25, -0.2) is 0 Å². The highest BCUT2D eigenvalue weighted by atomic mass is 16.5. The lowest BCUT2D eigenvalue weighted by Crippen LogP contribution is -2.28. The summed E-state index contributed by atoms with van der Waals surface area (Å²) in [5.74, 6) is 0.839. The molecule has 1 N–H and O–H groups in total. The van der Waals surface area contributed by atoms with Crippen molar-refractivity contribution in [2.45, 2.75) is 64.5 Å². The lowest BCUT2D eigenvalue weighted by atomic mass is 9.90. The molecule has 1 fully saturated rings. The van der Waals surface area contributed by atoms with Gasteiger partial charge in [-0.1, -0.05) is 19.3 Å². The van der Waals surface area contributed by atoms with Crippen molar-refractivity contribution < 1.29 is 4.74 Å². The van der Waals surface area contributed by atoms with E-state index in [9.17, 15) is 0 Å². The van der Waals surface area contributed by atoms with Crippen LogP contribution in [-0.4, -0.2) is 25.8 Å². The first kappa shape index (κ1) is 13.0. The smallest absolute Gasteiger partial charge is 0.0561 e. The number of hydrogen-bond acceptors (Lipinski definition) is 2. The van der Waals surface area contributed by atoms with Crippen molar-refractivity contribution in [1.82, 2.24) is 5.32 Å². The average molecular weight is 213 g/mol. The normalized spacial score (nSPS) is 22.6. The summed E-state index contributed by atoms with van der Waals surface area (Å²) in [7, 11) is 2.01. The third kappa shape index (κ3) is 5.53. The van der Waals surface area contributed by atoms with E-state index in [2.05, 4.69) is 19.2 Å². The lowest BCUT2D eigenvalue weighted by molar-refractivity contribution is 0.0226. The highest BCUT2D eigenvalue weighted by Crippen LogP contribution is 2.24. The number of hydrogen-bond donors (Lipinski definition) is 1. The van der Waals surface area contributed by atoms with E-state index >= 15 is 0 Å². The fourth-order valence-corrected chi connectivity index (χ4v) is 2.34. The van der Waals surface area contributed by atoms with Crippen molar-refractivity contribution in [1.29, 1.82) is 0 Å². The van der Waals surface area contributed by atoms with Crippen LogP contribution in [0.25, 0.3) is 0 Å². The predicted molar refractivity (Wildman–Crippen MR) is 65.1 cm³/mol. The molecule has 1 rings (SSSR count). The molecule has 0 bridgehead atoms. The predicted octanol–water partition coefficient (Wildman–Crippen LogP) is 2.97. The van der Waals surface area contributed by atoms with Crippen molar-refractivity contribution >= 4 is 0 Å². The zero-order valence-electron chi connectivity index (χ0n) is 10.6. The Hall–Kier alpha value is -0.0800. The average Bonchev–Trinajstić information content (AvgIpc) is 2.27. The molecule has 2 atom stereocenters. The van der Waals surface area contributed by atoms with Crippen LogP contribution in [0.1, 0.15) is 52.4 Å². The van der Waals surface area contributed by atoms with Gasteiger partial charge >= 0.3 is 0 Å². The molecule has 2 nitrogen and oxygen atoms in total. The monoisotopic (exact) mass is 213 g/mol. The van der Waals surface area contributed by atoms with Crippen LogP contribution >= 0.6 is 0 Å². The third-order valence-electron chi connectivity index (χ3n) is 3.52. The molecule has 2 heteroatoms.